The lowest BCUT2D eigenvalue weighted by molar-refractivity contribution is -0.121. The fourth-order valence-electron chi connectivity index (χ4n) is 1.98. The molecule has 0 aliphatic rings. The Bertz CT molecular complexity index is 563. The van der Waals surface area contributed by atoms with Gasteiger partial charge in [0, 0.05) is 19.7 Å². The second kappa shape index (κ2) is 6.84. The molecule has 2 heterocycles. The number of hydrogen-bond donors (Lipinski definition) is 1. The molecule has 0 unspecified atom stereocenters. The van der Waals surface area contributed by atoms with Gasteiger partial charge in [-0.05, 0) is 24.6 Å². The van der Waals surface area contributed by atoms with E-state index in [1.54, 1.807) is 10.9 Å². The molecule has 0 bridgehead atoms. The third kappa shape index (κ3) is 3.66. The quantitative estimate of drug-likeness (QED) is 0.877. The van der Waals surface area contributed by atoms with Crippen molar-refractivity contribution in [3.63, 3.8) is 0 Å². The second-order valence-electron chi connectivity index (χ2n) is 4.74. The van der Waals surface area contributed by atoms with Gasteiger partial charge < -0.3 is 5.32 Å². The molecule has 106 valence electrons. The Kier molecular flexibility index (Phi) is 4.87. The van der Waals surface area contributed by atoms with Crippen LogP contribution in [0, 0.1) is 0 Å². The minimum Gasteiger partial charge on any atom is -0.350 e. The van der Waals surface area contributed by atoms with Crippen LogP contribution in [0.5, 0.6) is 0 Å². The first-order valence-electron chi connectivity index (χ1n) is 6.91. The van der Waals surface area contributed by atoms with E-state index >= 15 is 0 Å². The van der Waals surface area contributed by atoms with Crippen LogP contribution in [-0.2, 0) is 18.4 Å². The Morgan fingerprint density at radius 1 is 1.40 bits per heavy atom. The number of amides is 1. The van der Waals surface area contributed by atoms with Gasteiger partial charge in [-0.1, -0.05) is 19.4 Å². The van der Waals surface area contributed by atoms with E-state index in [9.17, 15) is 4.79 Å². The van der Waals surface area contributed by atoms with Gasteiger partial charge in [0.1, 0.15) is 0 Å². The van der Waals surface area contributed by atoms with Crippen LogP contribution in [0.25, 0.3) is 11.4 Å². The molecule has 0 aromatic carbocycles. The number of hydrogen-bond acceptors (Lipinski definition) is 3. The van der Waals surface area contributed by atoms with Gasteiger partial charge in [-0.15, -0.1) is 0 Å². The average molecular weight is 272 g/mol. The van der Waals surface area contributed by atoms with E-state index in [2.05, 4.69) is 22.3 Å². The molecule has 0 fully saturated rings. The highest BCUT2D eigenvalue weighted by molar-refractivity contribution is 5.75. The number of pyridine rings is 1. The Morgan fingerprint density at radius 2 is 2.25 bits per heavy atom. The largest absolute Gasteiger partial charge is 0.350 e. The van der Waals surface area contributed by atoms with Crippen molar-refractivity contribution in [2.75, 3.05) is 0 Å². The molecule has 1 amide bonds. The first-order valence-corrected chi connectivity index (χ1v) is 6.91. The molecule has 0 saturated heterocycles. The van der Waals surface area contributed by atoms with Crippen molar-refractivity contribution in [3.8, 4) is 11.4 Å². The Balaban J connectivity index is 1.99. The molecule has 20 heavy (non-hydrogen) atoms. The normalized spacial score (nSPS) is 10.5. The van der Waals surface area contributed by atoms with Crippen molar-refractivity contribution in [2.24, 2.45) is 7.05 Å². The SMILES string of the molecule is CCCCC(=O)NCc1cc(-c2ccccn2)n(C)n1. The van der Waals surface area contributed by atoms with E-state index in [0.29, 0.717) is 13.0 Å². The molecule has 2 rings (SSSR count). The van der Waals surface area contributed by atoms with Crippen molar-refractivity contribution in [3.05, 3.63) is 36.2 Å². The van der Waals surface area contributed by atoms with Gasteiger partial charge in [0.25, 0.3) is 0 Å². The molecule has 0 saturated carbocycles. The van der Waals surface area contributed by atoms with Gasteiger partial charge in [0.15, 0.2) is 0 Å². The zero-order valence-electron chi connectivity index (χ0n) is 12.0. The van der Waals surface area contributed by atoms with Gasteiger partial charge in [0.2, 0.25) is 5.91 Å². The summed E-state index contributed by atoms with van der Waals surface area (Å²) in [5.41, 5.74) is 2.67. The highest BCUT2D eigenvalue weighted by atomic mass is 16.1. The molecule has 5 heteroatoms. The van der Waals surface area contributed by atoms with Gasteiger partial charge in [0.05, 0.1) is 23.6 Å². The van der Waals surface area contributed by atoms with Crippen molar-refractivity contribution >= 4 is 5.91 Å². The summed E-state index contributed by atoms with van der Waals surface area (Å²) in [7, 11) is 1.88. The zero-order valence-corrected chi connectivity index (χ0v) is 12.0. The summed E-state index contributed by atoms with van der Waals surface area (Å²) in [5, 5.41) is 7.29. The maximum absolute atomic E-state index is 11.6. The number of carbonyl (C=O) groups is 1. The maximum atomic E-state index is 11.6. The molecular weight excluding hydrogens is 252 g/mol. The van der Waals surface area contributed by atoms with Gasteiger partial charge in [-0.25, -0.2) is 0 Å². The first-order chi connectivity index (χ1) is 9.70. The van der Waals surface area contributed by atoms with Crippen molar-refractivity contribution < 1.29 is 4.79 Å². The van der Waals surface area contributed by atoms with Crippen molar-refractivity contribution in [1.29, 1.82) is 0 Å². The average Bonchev–Trinajstić information content (AvgIpc) is 2.85. The number of nitrogens with one attached hydrogen (secondary N) is 1. The van der Waals surface area contributed by atoms with Gasteiger partial charge in [-0.2, -0.15) is 5.10 Å². The van der Waals surface area contributed by atoms with E-state index in [1.807, 2.05) is 31.3 Å². The van der Waals surface area contributed by atoms with Crippen molar-refractivity contribution in [1.82, 2.24) is 20.1 Å². The summed E-state index contributed by atoms with van der Waals surface area (Å²) in [6.07, 6.45) is 4.29. The van der Waals surface area contributed by atoms with Crippen LogP contribution in [0.3, 0.4) is 0 Å². The van der Waals surface area contributed by atoms with E-state index in [4.69, 9.17) is 0 Å². The standard InChI is InChI=1S/C15H20N4O/c1-3-4-8-15(20)17-11-12-10-14(19(2)18-12)13-7-5-6-9-16-13/h5-7,9-10H,3-4,8,11H2,1-2H3,(H,17,20). The van der Waals surface area contributed by atoms with Crippen LogP contribution >= 0.6 is 0 Å². The number of rotatable bonds is 6. The van der Waals surface area contributed by atoms with Crippen LogP contribution in [0.2, 0.25) is 0 Å². The first kappa shape index (κ1) is 14.2. The maximum Gasteiger partial charge on any atom is 0.220 e. The monoisotopic (exact) mass is 272 g/mol. The lowest BCUT2D eigenvalue weighted by Gasteiger charge is -2.01. The van der Waals surface area contributed by atoms with Crippen LogP contribution in [0.15, 0.2) is 30.5 Å². The molecule has 5 nitrogen and oxygen atoms in total. The Hall–Kier alpha value is -2.17. The minimum absolute atomic E-state index is 0.0805. The lowest BCUT2D eigenvalue weighted by atomic mass is 10.2. The summed E-state index contributed by atoms with van der Waals surface area (Å²) in [6.45, 7) is 2.54. The van der Waals surface area contributed by atoms with Crippen LogP contribution in [0.1, 0.15) is 31.9 Å². The summed E-state index contributed by atoms with van der Waals surface area (Å²) >= 11 is 0. The molecule has 0 spiro atoms. The molecular formula is C15H20N4O. The van der Waals surface area contributed by atoms with Crippen LogP contribution < -0.4 is 5.32 Å². The third-order valence-corrected chi connectivity index (χ3v) is 3.08. The van der Waals surface area contributed by atoms with Gasteiger partial charge in [-0.3, -0.25) is 14.5 Å². The summed E-state index contributed by atoms with van der Waals surface area (Å²) in [4.78, 5) is 15.9. The lowest BCUT2D eigenvalue weighted by Crippen LogP contribution is -2.22. The number of aromatic nitrogens is 3. The highest BCUT2D eigenvalue weighted by Gasteiger charge is 2.09. The number of aryl methyl sites for hydroxylation is 1. The molecule has 0 atom stereocenters. The predicted molar refractivity (Wildman–Crippen MR) is 77.8 cm³/mol. The molecule has 0 radical (unpaired) electrons. The molecule has 2 aromatic heterocycles. The van der Waals surface area contributed by atoms with E-state index in [1.165, 1.54) is 0 Å². The fourth-order valence-corrected chi connectivity index (χ4v) is 1.98. The minimum atomic E-state index is 0.0805. The number of unbranched alkanes of at least 4 members (excludes halogenated alkanes) is 1. The summed E-state index contributed by atoms with van der Waals surface area (Å²) in [5.74, 6) is 0.0805. The van der Waals surface area contributed by atoms with Crippen molar-refractivity contribution in [2.45, 2.75) is 32.7 Å². The smallest absolute Gasteiger partial charge is 0.220 e. The topological polar surface area (TPSA) is 59.8 Å². The zero-order chi connectivity index (χ0) is 14.4. The Labute approximate surface area is 119 Å². The predicted octanol–water partition coefficient (Wildman–Crippen LogP) is 2.29. The number of nitrogens with zero attached hydrogens (tertiary/aromatic N) is 3. The van der Waals surface area contributed by atoms with E-state index in [-0.39, 0.29) is 5.91 Å². The molecule has 1 N–H and O–H groups in total. The summed E-state index contributed by atoms with van der Waals surface area (Å²) in [6, 6.07) is 7.74. The van der Waals surface area contributed by atoms with E-state index < -0.39 is 0 Å². The fraction of sp³-hybridized carbons (Fsp3) is 0.400. The third-order valence-electron chi connectivity index (χ3n) is 3.08. The Morgan fingerprint density at radius 3 is 2.95 bits per heavy atom. The van der Waals surface area contributed by atoms with Crippen LogP contribution in [0.4, 0.5) is 0 Å². The number of carbonyl (C=O) groups excluding carboxylic acids is 1. The molecule has 0 aliphatic carbocycles. The molecule has 0 aliphatic heterocycles. The second-order valence-corrected chi connectivity index (χ2v) is 4.74. The molecule has 2 aromatic rings. The van der Waals surface area contributed by atoms with Crippen LogP contribution in [-0.4, -0.2) is 20.7 Å². The van der Waals surface area contributed by atoms with Gasteiger partial charge >= 0.3 is 0 Å². The summed E-state index contributed by atoms with van der Waals surface area (Å²) < 4.78 is 1.79. The van der Waals surface area contributed by atoms with E-state index in [0.717, 1.165) is 29.9 Å². The highest BCUT2D eigenvalue weighted by Crippen LogP contribution is 2.16.